The van der Waals surface area contributed by atoms with Crippen LogP contribution in [0.1, 0.15) is 43.3 Å². The number of Topliss-reactive ketones (excluding diaryl/α,β-unsaturated/α-hetero) is 1. The molecule has 1 heterocycles. The van der Waals surface area contributed by atoms with Gasteiger partial charge in [-0.15, -0.1) is 0 Å². The third-order valence-electron chi connectivity index (χ3n) is 5.12. The summed E-state index contributed by atoms with van der Waals surface area (Å²) < 4.78 is 0. The molecule has 36 heavy (non-hydrogen) atoms. The summed E-state index contributed by atoms with van der Waals surface area (Å²) >= 11 is 12.2. The fourth-order valence-electron chi connectivity index (χ4n) is 3.32. The molecule has 11 heteroatoms. The summed E-state index contributed by atoms with van der Waals surface area (Å²) in [4.78, 5) is 61.8. The first-order chi connectivity index (χ1) is 17.1. The number of hydrogen-bond acceptors (Lipinski definition) is 6. The van der Waals surface area contributed by atoms with E-state index in [-0.39, 0.29) is 40.1 Å². The summed E-state index contributed by atoms with van der Waals surface area (Å²) in [7, 11) is 4.61. The van der Waals surface area contributed by atoms with E-state index in [1.165, 1.54) is 47.4 Å². The SMILES string of the molecule is CNC(=O)c1cc(C(=O)N(C)C)cc(N(Cc2ccc(Cl)c(Cl)c2)C(=O)CC(=O)c2ncccn2)c1. The van der Waals surface area contributed by atoms with Gasteiger partial charge in [0.1, 0.15) is 0 Å². The zero-order chi connectivity index (χ0) is 26.4. The number of anilines is 1. The number of amides is 3. The van der Waals surface area contributed by atoms with E-state index >= 15 is 0 Å². The molecule has 3 rings (SSSR count). The van der Waals surface area contributed by atoms with Crippen LogP contribution in [-0.2, 0) is 11.3 Å². The molecule has 186 valence electrons. The Bertz CT molecular complexity index is 1320. The van der Waals surface area contributed by atoms with E-state index in [1.54, 1.807) is 38.4 Å². The fraction of sp³-hybridized carbons (Fsp3) is 0.200. The molecule has 0 saturated carbocycles. The number of halogens is 2. The van der Waals surface area contributed by atoms with Gasteiger partial charge in [-0.2, -0.15) is 0 Å². The van der Waals surface area contributed by atoms with Gasteiger partial charge in [-0.3, -0.25) is 19.2 Å². The van der Waals surface area contributed by atoms with E-state index in [2.05, 4.69) is 15.3 Å². The van der Waals surface area contributed by atoms with Crippen molar-refractivity contribution in [3.8, 4) is 0 Å². The number of carbonyl (C=O) groups excluding carboxylic acids is 4. The fourth-order valence-corrected chi connectivity index (χ4v) is 3.64. The van der Waals surface area contributed by atoms with Crippen LogP contribution in [0.25, 0.3) is 0 Å². The third-order valence-corrected chi connectivity index (χ3v) is 5.86. The van der Waals surface area contributed by atoms with Crippen molar-refractivity contribution in [2.45, 2.75) is 13.0 Å². The topological polar surface area (TPSA) is 113 Å². The summed E-state index contributed by atoms with van der Waals surface area (Å²) in [6, 6.07) is 10.8. The zero-order valence-corrected chi connectivity index (χ0v) is 21.3. The van der Waals surface area contributed by atoms with Gasteiger partial charge < -0.3 is 15.1 Å². The smallest absolute Gasteiger partial charge is 0.253 e. The van der Waals surface area contributed by atoms with Gasteiger partial charge in [0.25, 0.3) is 11.8 Å². The second kappa shape index (κ2) is 11.7. The standard InChI is InChI=1S/C25H23Cl2N5O4/c1-28-24(35)16-10-17(25(36)31(2)3)12-18(11-16)32(14-15-5-6-19(26)20(27)9-15)22(34)13-21(33)23-29-7-4-8-30-23/h4-12H,13-14H2,1-3H3,(H,28,35). The maximum atomic E-state index is 13.4. The summed E-state index contributed by atoms with van der Waals surface area (Å²) in [6.45, 7) is -0.00849. The van der Waals surface area contributed by atoms with Crippen molar-refractivity contribution in [2.24, 2.45) is 0 Å². The Balaban J connectivity index is 2.08. The average molecular weight is 528 g/mol. The van der Waals surface area contributed by atoms with Crippen molar-refractivity contribution in [3.63, 3.8) is 0 Å². The van der Waals surface area contributed by atoms with Crippen molar-refractivity contribution in [3.05, 3.63) is 87.4 Å². The molecule has 3 aromatic rings. The van der Waals surface area contributed by atoms with E-state index < -0.39 is 24.0 Å². The number of nitrogens with one attached hydrogen (secondary N) is 1. The number of hydrogen-bond donors (Lipinski definition) is 1. The van der Waals surface area contributed by atoms with Crippen molar-refractivity contribution in [1.29, 1.82) is 0 Å². The second-order valence-electron chi connectivity index (χ2n) is 7.95. The number of carbonyl (C=O) groups is 4. The van der Waals surface area contributed by atoms with E-state index in [0.29, 0.717) is 10.6 Å². The maximum absolute atomic E-state index is 13.4. The van der Waals surface area contributed by atoms with E-state index in [9.17, 15) is 19.2 Å². The molecule has 0 aliphatic carbocycles. The summed E-state index contributed by atoms with van der Waals surface area (Å²) in [5, 5.41) is 3.15. The molecule has 0 atom stereocenters. The largest absolute Gasteiger partial charge is 0.355 e. The van der Waals surface area contributed by atoms with Gasteiger partial charge in [0.15, 0.2) is 5.82 Å². The van der Waals surface area contributed by atoms with E-state index in [1.807, 2.05) is 0 Å². The number of ketones is 1. The molecule has 0 fully saturated rings. The lowest BCUT2D eigenvalue weighted by Gasteiger charge is -2.25. The number of benzene rings is 2. The first-order valence-corrected chi connectivity index (χ1v) is 11.5. The molecule has 9 nitrogen and oxygen atoms in total. The third kappa shape index (κ3) is 6.44. The molecular weight excluding hydrogens is 505 g/mol. The van der Waals surface area contributed by atoms with Crippen molar-refractivity contribution in [1.82, 2.24) is 20.2 Å². The van der Waals surface area contributed by atoms with Crippen LogP contribution in [0.15, 0.2) is 54.9 Å². The molecule has 1 N–H and O–H groups in total. The lowest BCUT2D eigenvalue weighted by Crippen LogP contribution is -2.33. The Morgan fingerprint density at radius 3 is 2.19 bits per heavy atom. The Labute approximate surface area is 218 Å². The van der Waals surface area contributed by atoms with Gasteiger partial charge in [0.05, 0.1) is 23.0 Å². The molecule has 0 aliphatic heterocycles. The van der Waals surface area contributed by atoms with Crippen molar-refractivity contribution < 1.29 is 19.2 Å². The summed E-state index contributed by atoms with van der Waals surface area (Å²) in [5.74, 6) is -2.07. The van der Waals surface area contributed by atoms with Gasteiger partial charge in [-0.25, -0.2) is 9.97 Å². The van der Waals surface area contributed by atoms with Crippen LogP contribution >= 0.6 is 23.2 Å². The molecule has 0 saturated heterocycles. The maximum Gasteiger partial charge on any atom is 0.253 e. The van der Waals surface area contributed by atoms with Crippen molar-refractivity contribution in [2.75, 3.05) is 26.0 Å². The number of aromatic nitrogens is 2. The van der Waals surface area contributed by atoms with Crippen LogP contribution < -0.4 is 10.2 Å². The molecule has 3 amide bonds. The minimum Gasteiger partial charge on any atom is -0.355 e. The highest BCUT2D eigenvalue weighted by molar-refractivity contribution is 6.42. The first-order valence-electron chi connectivity index (χ1n) is 10.7. The quantitative estimate of drug-likeness (QED) is 0.353. The highest BCUT2D eigenvalue weighted by atomic mass is 35.5. The predicted octanol–water partition coefficient (Wildman–Crippen LogP) is 3.65. The lowest BCUT2D eigenvalue weighted by molar-refractivity contribution is -0.117. The number of nitrogens with zero attached hydrogens (tertiary/aromatic N) is 4. The molecule has 0 bridgehead atoms. The molecule has 0 spiro atoms. The van der Waals surface area contributed by atoms with Crippen LogP contribution in [0.3, 0.4) is 0 Å². The Hall–Kier alpha value is -3.82. The predicted molar refractivity (Wildman–Crippen MR) is 136 cm³/mol. The average Bonchev–Trinajstić information content (AvgIpc) is 2.88. The zero-order valence-electron chi connectivity index (χ0n) is 19.8. The van der Waals surface area contributed by atoms with Gasteiger partial charge in [-0.05, 0) is 42.0 Å². The lowest BCUT2D eigenvalue weighted by atomic mass is 10.1. The molecule has 0 aliphatic rings. The van der Waals surface area contributed by atoms with Gasteiger partial charge in [0.2, 0.25) is 11.7 Å². The second-order valence-corrected chi connectivity index (χ2v) is 8.76. The van der Waals surface area contributed by atoms with Crippen LogP contribution in [0.5, 0.6) is 0 Å². The van der Waals surface area contributed by atoms with E-state index in [4.69, 9.17) is 23.2 Å². The van der Waals surface area contributed by atoms with E-state index in [0.717, 1.165) is 0 Å². The molecule has 0 radical (unpaired) electrons. The van der Waals surface area contributed by atoms with Crippen molar-refractivity contribution >= 4 is 52.4 Å². The number of rotatable bonds is 8. The Morgan fingerprint density at radius 2 is 1.58 bits per heavy atom. The molecular formula is C25H23Cl2N5O4. The van der Waals surface area contributed by atoms with Gasteiger partial charge in [0, 0.05) is 50.4 Å². The minimum atomic E-state index is -0.587. The van der Waals surface area contributed by atoms with Crippen LogP contribution in [0, 0.1) is 0 Å². The summed E-state index contributed by atoms with van der Waals surface area (Å²) in [5.41, 5.74) is 1.23. The monoisotopic (exact) mass is 527 g/mol. The normalized spacial score (nSPS) is 10.5. The molecule has 1 aromatic heterocycles. The highest BCUT2D eigenvalue weighted by Gasteiger charge is 2.24. The van der Waals surface area contributed by atoms with Crippen LogP contribution in [0.2, 0.25) is 10.0 Å². The molecule has 2 aromatic carbocycles. The Kier molecular flexibility index (Phi) is 8.73. The van der Waals surface area contributed by atoms with Crippen LogP contribution in [-0.4, -0.2) is 59.5 Å². The highest BCUT2D eigenvalue weighted by Crippen LogP contribution is 2.27. The minimum absolute atomic E-state index is 0.00849. The first kappa shape index (κ1) is 26.8. The van der Waals surface area contributed by atoms with Gasteiger partial charge >= 0.3 is 0 Å². The molecule has 0 unspecified atom stereocenters. The van der Waals surface area contributed by atoms with Crippen LogP contribution in [0.4, 0.5) is 5.69 Å². The Morgan fingerprint density at radius 1 is 0.917 bits per heavy atom. The summed E-state index contributed by atoms with van der Waals surface area (Å²) in [6.07, 6.45) is 2.28. The van der Waals surface area contributed by atoms with Gasteiger partial charge in [-0.1, -0.05) is 29.3 Å².